The van der Waals surface area contributed by atoms with Crippen LogP contribution in [-0.4, -0.2) is 33.6 Å². The summed E-state index contributed by atoms with van der Waals surface area (Å²) in [6.07, 6.45) is 6.53. The number of rotatable bonds is 3. The largest absolute Gasteiger partial charge is 0.465 e. The first-order valence-corrected chi connectivity index (χ1v) is 7.97. The van der Waals surface area contributed by atoms with Crippen LogP contribution < -0.4 is 5.32 Å². The van der Waals surface area contributed by atoms with Gasteiger partial charge in [0.25, 0.3) is 5.91 Å². The van der Waals surface area contributed by atoms with Gasteiger partial charge >= 0.3 is 5.97 Å². The number of aryl methyl sites for hydroxylation is 1. The molecule has 7 heteroatoms. The van der Waals surface area contributed by atoms with Crippen LogP contribution in [0.4, 0.5) is 0 Å². The molecule has 25 heavy (non-hydrogen) atoms. The average Bonchev–Trinajstić information content (AvgIpc) is 3.25. The fourth-order valence-electron chi connectivity index (χ4n) is 3.22. The molecule has 0 fully saturated rings. The first kappa shape index (κ1) is 15.3. The van der Waals surface area contributed by atoms with Gasteiger partial charge < -0.3 is 10.1 Å². The average molecular weight is 336 g/mol. The Labute approximate surface area is 143 Å². The van der Waals surface area contributed by atoms with Crippen LogP contribution in [0.1, 0.15) is 44.3 Å². The van der Waals surface area contributed by atoms with E-state index in [1.54, 1.807) is 35.1 Å². The van der Waals surface area contributed by atoms with Crippen LogP contribution in [0.2, 0.25) is 0 Å². The number of amides is 1. The lowest BCUT2D eigenvalue weighted by atomic mass is 10.0. The lowest BCUT2D eigenvalue weighted by Gasteiger charge is -2.14. The van der Waals surface area contributed by atoms with Crippen LogP contribution >= 0.6 is 0 Å². The van der Waals surface area contributed by atoms with Gasteiger partial charge in [-0.25, -0.2) is 14.3 Å². The highest BCUT2D eigenvalue weighted by atomic mass is 16.5. The standard InChI is InChI=1S/C18H16N4O3/c1-25-18(24)12-4-3-11-5-6-15(13(11)9-12)21-17(23)14-10-20-22-8-2-7-19-16(14)22/h2-4,7-10,15H,5-6H2,1H3,(H,21,23)/t15-/m1/s1. The van der Waals surface area contributed by atoms with Crippen molar-refractivity contribution in [3.8, 4) is 0 Å². The summed E-state index contributed by atoms with van der Waals surface area (Å²) in [5.74, 6) is -0.610. The first-order valence-electron chi connectivity index (χ1n) is 7.97. The minimum absolute atomic E-state index is 0.147. The van der Waals surface area contributed by atoms with Gasteiger partial charge in [0.1, 0.15) is 5.56 Å². The van der Waals surface area contributed by atoms with E-state index in [1.807, 2.05) is 6.07 Å². The molecule has 1 amide bonds. The molecule has 1 atom stereocenters. The normalized spacial score (nSPS) is 15.8. The summed E-state index contributed by atoms with van der Waals surface area (Å²) in [7, 11) is 1.35. The molecule has 0 saturated carbocycles. The molecule has 1 aromatic carbocycles. The van der Waals surface area contributed by atoms with Gasteiger partial charge in [-0.3, -0.25) is 4.79 Å². The van der Waals surface area contributed by atoms with E-state index in [4.69, 9.17) is 4.74 Å². The molecule has 7 nitrogen and oxygen atoms in total. The number of carbonyl (C=O) groups excluding carboxylic acids is 2. The number of esters is 1. The van der Waals surface area contributed by atoms with Crippen LogP contribution in [0.5, 0.6) is 0 Å². The van der Waals surface area contributed by atoms with Gasteiger partial charge in [-0.15, -0.1) is 0 Å². The van der Waals surface area contributed by atoms with Crippen molar-refractivity contribution in [3.05, 3.63) is 65.1 Å². The monoisotopic (exact) mass is 336 g/mol. The summed E-state index contributed by atoms with van der Waals surface area (Å²) >= 11 is 0. The molecule has 2 aromatic heterocycles. The minimum Gasteiger partial charge on any atom is -0.465 e. The minimum atomic E-state index is -0.383. The molecule has 1 N–H and O–H groups in total. The number of ether oxygens (including phenoxy) is 1. The summed E-state index contributed by atoms with van der Waals surface area (Å²) in [4.78, 5) is 28.6. The summed E-state index contributed by atoms with van der Waals surface area (Å²) in [5.41, 5.74) is 3.52. The van der Waals surface area contributed by atoms with Gasteiger partial charge in [-0.1, -0.05) is 6.07 Å². The lowest BCUT2D eigenvalue weighted by molar-refractivity contribution is 0.0600. The second-order valence-electron chi connectivity index (χ2n) is 5.92. The highest BCUT2D eigenvalue weighted by Crippen LogP contribution is 2.32. The number of nitrogens with one attached hydrogen (secondary N) is 1. The lowest BCUT2D eigenvalue weighted by Crippen LogP contribution is -2.27. The molecule has 126 valence electrons. The number of hydrogen-bond acceptors (Lipinski definition) is 5. The van der Waals surface area contributed by atoms with Crippen molar-refractivity contribution in [2.45, 2.75) is 18.9 Å². The number of carbonyl (C=O) groups is 2. The molecule has 0 unspecified atom stereocenters. The van der Waals surface area contributed by atoms with Crippen molar-refractivity contribution in [2.75, 3.05) is 7.11 Å². The third-order valence-corrected chi connectivity index (χ3v) is 4.47. The first-order chi connectivity index (χ1) is 12.2. The van der Waals surface area contributed by atoms with Gasteiger partial charge in [-0.2, -0.15) is 5.10 Å². The van der Waals surface area contributed by atoms with E-state index >= 15 is 0 Å². The summed E-state index contributed by atoms with van der Waals surface area (Å²) in [6.45, 7) is 0. The van der Waals surface area contributed by atoms with E-state index in [1.165, 1.54) is 13.3 Å². The Balaban J connectivity index is 1.61. The van der Waals surface area contributed by atoms with Crippen molar-refractivity contribution in [2.24, 2.45) is 0 Å². The van der Waals surface area contributed by atoms with E-state index in [0.717, 1.165) is 24.0 Å². The molecular weight excluding hydrogens is 320 g/mol. The molecule has 0 saturated heterocycles. The Morgan fingerprint density at radius 2 is 2.24 bits per heavy atom. The second-order valence-corrected chi connectivity index (χ2v) is 5.92. The maximum atomic E-state index is 12.7. The maximum absolute atomic E-state index is 12.7. The smallest absolute Gasteiger partial charge is 0.337 e. The van der Waals surface area contributed by atoms with Gasteiger partial charge in [0, 0.05) is 12.4 Å². The SMILES string of the molecule is COC(=O)c1ccc2c(c1)[C@H](NC(=O)c1cnn3cccnc13)CC2. The van der Waals surface area contributed by atoms with Crippen molar-refractivity contribution in [1.29, 1.82) is 0 Å². The topological polar surface area (TPSA) is 85.6 Å². The number of benzene rings is 1. The van der Waals surface area contributed by atoms with Crippen molar-refractivity contribution < 1.29 is 14.3 Å². The highest BCUT2D eigenvalue weighted by Gasteiger charge is 2.26. The fraction of sp³-hybridized carbons (Fsp3) is 0.222. The highest BCUT2D eigenvalue weighted by molar-refractivity contribution is 6.00. The Morgan fingerprint density at radius 1 is 1.36 bits per heavy atom. The van der Waals surface area contributed by atoms with Gasteiger partial charge in [-0.05, 0) is 42.2 Å². The third kappa shape index (κ3) is 2.63. The van der Waals surface area contributed by atoms with Crippen molar-refractivity contribution in [1.82, 2.24) is 19.9 Å². The third-order valence-electron chi connectivity index (χ3n) is 4.47. The van der Waals surface area contributed by atoms with Crippen molar-refractivity contribution >= 4 is 17.5 Å². The van der Waals surface area contributed by atoms with E-state index < -0.39 is 0 Å². The summed E-state index contributed by atoms with van der Waals surface area (Å²) < 4.78 is 6.34. The van der Waals surface area contributed by atoms with Crippen LogP contribution in [0.25, 0.3) is 5.65 Å². The van der Waals surface area contributed by atoms with E-state index in [-0.39, 0.29) is 17.9 Å². The van der Waals surface area contributed by atoms with Gasteiger partial charge in [0.15, 0.2) is 5.65 Å². The zero-order valence-electron chi connectivity index (χ0n) is 13.6. The van der Waals surface area contributed by atoms with Crippen molar-refractivity contribution in [3.63, 3.8) is 0 Å². The molecule has 0 spiro atoms. The molecule has 0 radical (unpaired) electrons. The number of nitrogens with zero attached hydrogens (tertiary/aromatic N) is 3. The van der Waals surface area contributed by atoms with E-state index in [2.05, 4.69) is 15.4 Å². The predicted octanol–water partition coefficient (Wildman–Crippen LogP) is 1.93. The van der Waals surface area contributed by atoms with Gasteiger partial charge in [0.05, 0.1) is 24.9 Å². The molecule has 4 rings (SSSR count). The molecule has 0 aliphatic heterocycles. The Hall–Kier alpha value is -3.22. The Morgan fingerprint density at radius 3 is 3.08 bits per heavy atom. The Kier molecular flexibility index (Phi) is 3.68. The van der Waals surface area contributed by atoms with E-state index in [0.29, 0.717) is 16.8 Å². The van der Waals surface area contributed by atoms with Crippen LogP contribution in [-0.2, 0) is 11.2 Å². The predicted molar refractivity (Wildman–Crippen MR) is 89.3 cm³/mol. The van der Waals surface area contributed by atoms with E-state index in [9.17, 15) is 9.59 Å². The second kappa shape index (κ2) is 6.01. The Bertz CT molecular complexity index is 979. The zero-order chi connectivity index (χ0) is 17.4. The maximum Gasteiger partial charge on any atom is 0.337 e. The van der Waals surface area contributed by atoms with Crippen LogP contribution in [0.15, 0.2) is 42.9 Å². The number of fused-ring (bicyclic) bond motifs is 2. The van der Waals surface area contributed by atoms with Crippen LogP contribution in [0.3, 0.4) is 0 Å². The molecule has 3 aromatic rings. The summed E-state index contributed by atoms with van der Waals surface area (Å²) in [5, 5.41) is 7.17. The number of aromatic nitrogens is 3. The molecule has 0 bridgehead atoms. The molecule has 1 aliphatic carbocycles. The summed E-state index contributed by atoms with van der Waals surface area (Å²) in [6, 6.07) is 7.08. The fourth-order valence-corrected chi connectivity index (χ4v) is 3.22. The molecule has 1 aliphatic rings. The quantitative estimate of drug-likeness (QED) is 0.739. The van der Waals surface area contributed by atoms with Crippen LogP contribution in [0, 0.1) is 0 Å². The van der Waals surface area contributed by atoms with Gasteiger partial charge in [0.2, 0.25) is 0 Å². The molecule has 2 heterocycles. The number of methoxy groups -OCH3 is 1. The number of hydrogen-bond donors (Lipinski definition) is 1. The molecular formula is C18H16N4O3. The zero-order valence-corrected chi connectivity index (χ0v) is 13.6.